The molecule has 88 valence electrons. The molecular formula is C9H6F5NO. The van der Waals surface area contributed by atoms with Crippen molar-refractivity contribution in [1.29, 1.82) is 0 Å². The molecule has 0 radical (unpaired) electrons. The van der Waals surface area contributed by atoms with E-state index in [9.17, 15) is 26.9 Å². The lowest BCUT2D eigenvalue weighted by molar-refractivity contribution is -0.290. The highest BCUT2D eigenvalue weighted by Gasteiger charge is 2.63. The molecule has 0 aliphatic rings. The average Bonchev–Trinajstić information content (AvgIpc) is 2.18. The number of alkyl halides is 5. The van der Waals surface area contributed by atoms with Gasteiger partial charge in [0.1, 0.15) is 0 Å². The number of hydrogen-bond donors (Lipinski definition) is 0. The minimum Gasteiger partial charge on any atom is -0.193 e. The molecule has 16 heavy (non-hydrogen) atoms. The van der Waals surface area contributed by atoms with Crippen LogP contribution in [0, 0.1) is 4.91 Å². The predicted molar refractivity (Wildman–Crippen MR) is 46.0 cm³/mol. The van der Waals surface area contributed by atoms with Crippen molar-refractivity contribution < 1.29 is 22.0 Å². The fourth-order valence-electron chi connectivity index (χ4n) is 1.13. The topological polar surface area (TPSA) is 29.4 Å². The van der Waals surface area contributed by atoms with Crippen LogP contribution in [0.2, 0.25) is 0 Å². The highest BCUT2D eigenvalue weighted by atomic mass is 19.4. The molecule has 0 saturated carbocycles. The molecular weight excluding hydrogens is 233 g/mol. The third-order valence-corrected chi connectivity index (χ3v) is 1.94. The second-order valence-electron chi connectivity index (χ2n) is 3.04. The van der Waals surface area contributed by atoms with E-state index in [0.717, 1.165) is 12.1 Å². The van der Waals surface area contributed by atoms with E-state index in [1.807, 2.05) is 5.18 Å². The second kappa shape index (κ2) is 4.15. The van der Waals surface area contributed by atoms with Crippen LogP contribution in [0.5, 0.6) is 0 Å². The van der Waals surface area contributed by atoms with Crippen molar-refractivity contribution in [3.8, 4) is 0 Å². The second-order valence-corrected chi connectivity index (χ2v) is 3.04. The molecule has 0 saturated heterocycles. The van der Waals surface area contributed by atoms with E-state index in [1.165, 1.54) is 18.2 Å². The van der Waals surface area contributed by atoms with Gasteiger partial charge in [-0.05, 0) is 5.56 Å². The summed E-state index contributed by atoms with van der Waals surface area (Å²) in [5.74, 6) is -5.17. The Hall–Kier alpha value is -1.53. The largest absolute Gasteiger partial charge is 0.456 e. The van der Waals surface area contributed by atoms with Gasteiger partial charge in [-0.15, -0.1) is 4.91 Å². The minimum absolute atomic E-state index is 0.472. The zero-order valence-corrected chi connectivity index (χ0v) is 7.71. The number of hydrogen-bond acceptors (Lipinski definition) is 2. The molecule has 1 aromatic rings. The van der Waals surface area contributed by atoms with Gasteiger partial charge in [-0.2, -0.15) is 22.0 Å². The van der Waals surface area contributed by atoms with Gasteiger partial charge in [-0.25, -0.2) is 0 Å². The number of nitroso groups, excluding NO2 is 1. The monoisotopic (exact) mass is 239 g/mol. The summed E-state index contributed by atoms with van der Waals surface area (Å²) < 4.78 is 61.7. The molecule has 0 bridgehead atoms. The summed E-state index contributed by atoms with van der Waals surface area (Å²) in [7, 11) is 0. The van der Waals surface area contributed by atoms with E-state index >= 15 is 0 Å². The molecule has 2 nitrogen and oxygen atoms in total. The predicted octanol–water partition coefficient (Wildman–Crippen LogP) is 3.69. The summed E-state index contributed by atoms with van der Waals surface area (Å²) in [6.45, 7) is 0. The van der Waals surface area contributed by atoms with Gasteiger partial charge in [0.2, 0.25) is 0 Å². The molecule has 0 heterocycles. The van der Waals surface area contributed by atoms with Crippen LogP contribution in [-0.2, 0) is 0 Å². The fraction of sp³-hybridized carbons (Fsp3) is 0.333. The van der Waals surface area contributed by atoms with Crippen LogP contribution in [0.25, 0.3) is 0 Å². The summed E-state index contributed by atoms with van der Waals surface area (Å²) in [5, 5.41) is 1.88. The molecule has 0 fully saturated rings. The maximum Gasteiger partial charge on any atom is 0.456 e. The lowest BCUT2D eigenvalue weighted by Crippen LogP contribution is -2.41. The molecule has 7 heteroatoms. The third-order valence-electron chi connectivity index (χ3n) is 1.94. The first kappa shape index (κ1) is 12.5. The van der Waals surface area contributed by atoms with E-state index in [-0.39, 0.29) is 0 Å². The zero-order chi connectivity index (χ0) is 12.4. The Kier molecular flexibility index (Phi) is 3.25. The normalized spacial score (nSPS) is 14.6. The van der Waals surface area contributed by atoms with Crippen molar-refractivity contribution in [3.05, 3.63) is 40.8 Å². The van der Waals surface area contributed by atoms with Crippen LogP contribution in [0.4, 0.5) is 22.0 Å². The van der Waals surface area contributed by atoms with Gasteiger partial charge < -0.3 is 0 Å². The molecule has 0 amide bonds. The highest BCUT2D eigenvalue weighted by Crippen LogP contribution is 2.46. The van der Waals surface area contributed by atoms with Crippen molar-refractivity contribution in [2.45, 2.75) is 18.1 Å². The first-order chi connectivity index (χ1) is 7.30. The molecule has 0 aliphatic carbocycles. The number of nitrogens with zero attached hydrogens (tertiary/aromatic N) is 1. The Morgan fingerprint density at radius 2 is 1.50 bits per heavy atom. The standard InChI is InChI=1S/C9H6F5NO/c10-8(11,9(12,13)14)7(15-16)6-4-2-1-3-5-6/h1-5,7H. The Bertz CT molecular complexity index is 362. The van der Waals surface area contributed by atoms with Crippen LogP contribution in [0.1, 0.15) is 11.6 Å². The smallest absolute Gasteiger partial charge is 0.193 e. The van der Waals surface area contributed by atoms with Crippen LogP contribution in [0.15, 0.2) is 35.5 Å². The summed E-state index contributed by atoms with van der Waals surface area (Å²) >= 11 is 0. The molecule has 0 N–H and O–H groups in total. The molecule has 0 aliphatic heterocycles. The molecule has 1 rings (SSSR count). The van der Waals surface area contributed by atoms with Gasteiger partial charge in [-0.3, -0.25) is 0 Å². The zero-order valence-electron chi connectivity index (χ0n) is 7.71. The number of benzene rings is 1. The maximum atomic E-state index is 12.9. The van der Waals surface area contributed by atoms with Crippen molar-refractivity contribution in [2.75, 3.05) is 0 Å². The summed E-state index contributed by atoms with van der Waals surface area (Å²) in [6.07, 6.45) is -5.80. The Labute approximate surface area is 87.0 Å². The summed E-state index contributed by atoms with van der Waals surface area (Å²) in [6, 6.07) is 3.16. The average molecular weight is 239 g/mol. The SMILES string of the molecule is O=NC(c1ccccc1)C(F)(F)C(F)(F)F. The molecule has 0 aromatic heterocycles. The van der Waals surface area contributed by atoms with E-state index < -0.39 is 23.7 Å². The van der Waals surface area contributed by atoms with Crippen LogP contribution in [0.3, 0.4) is 0 Å². The number of rotatable bonds is 3. The summed E-state index contributed by atoms with van der Waals surface area (Å²) in [5.41, 5.74) is -0.472. The molecule has 0 spiro atoms. The van der Waals surface area contributed by atoms with E-state index in [1.54, 1.807) is 0 Å². The highest BCUT2D eigenvalue weighted by molar-refractivity contribution is 5.22. The van der Waals surface area contributed by atoms with Crippen LogP contribution < -0.4 is 0 Å². The van der Waals surface area contributed by atoms with Crippen molar-refractivity contribution >= 4 is 0 Å². The van der Waals surface area contributed by atoms with Crippen molar-refractivity contribution in [1.82, 2.24) is 0 Å². The van der Waals surface area contributed by atoms with Gasteiger partial charge in [0.25, 0.3) is 0 Å². The maximum absolute atomic E-state index is 12.9. The van der Waals surface area contributed by atoms with Crippen molar-refractivity contribution in [2.24, 2.45) is 5.18 Å². The molecule has 1 atom stereocenters. The van der Waals surface area contributed by atoms with Gasteiger partial charge >= 0.3 is 12.1 Å². The quantitative estimate of drug-likeness (QED) is 0.584. The lowest BCUT2D eigenvalue weighted by atomic mass is 10.0. The van der Waals surface area contributed by atoms with Gasteiger partial charge in [0.05, 0.1) is 0 Å². The van der Waals surface area contributed by atoms with Crippen LogP contribution in [-0.4, -0.2) is 12.1 Å². The van der Waals surface area contributed by atoms with E-state index in [0.29, 0.717) is 0 Å². The number of halogens is 5. The Morgan fingerprint density at radius 3 is 1.88 bits per heavy atom. The van der Waals surface area contributed by atoms with Gasteiger partial charge in [0, 0.05) is 0 Å². The molecule has 1 aromatic carbocycles. The van der Waals surface area contributed by atoms with E-state index in [4.69, 9.17) is 0 Å². The Balaban J connectivity index is 3.14. The van der Waals surface area contributed by atoms with E-state index in [2.05, 4.69) is 0 Å². The first-order valence-corrected chi connectivity index (χ1v) is 4.12. The first-order valence-electron chi connectivity index (χ1n) is 4.12. The van der Waals surface area contributed by atoms with Crippen molar-refractivity contribution in [3.63, 3.8) is 0 Å². The van der Waals surface area contributed by atoms with Gasteiger partial charge in [-0.1, -0.05) is 35.5 Å². The van der Waals surface area contributed by atoms with Crippen LogP contribution >= 0.6 is 0 Å². The molecule has 1 unspecified atom stereocenters. The Morgan fingerprint density at radius 1 is 1.00 bits per heavy atom. The fourth-order valence-corrected chi connectivity index (χ4v) is 1.13. The lowest BCUT2D eigenvalue weighted by Gasteiger charge is -2.23. The van der Waals surface area contributed by atoms with Gasteiger partial charge in [0.15, 0.2) is 6.04 Å². The minimum atomic E-state index is -5.80. The third kappa shape index (κ3) is 2.17. The summed E-state index contributed by atoms with van der Waals surface area (Å²) in [4.78, 5) is 10.2.